The summed E-state index contributed by atoms with van der Waals surface area (Å²) in [6.07, 6.45) is -3.56. The lowest BCUT2D eigenvalue weighted by atomic mass is 10.1. The Morgan fingerprint density at radius 2 is 1.92 bits per heavy atom. The van der Waals surface area contributed by atoms with Crippen molar-refractivity contribution in [2.45, 2.75) is 19.0 Å². The number of aliphatic hydroxyl groups is 1. The summed E-state index contributed by atoms with van der Waals surface area (Å²) < 4.78 is 36.2. The van der Waals surface area contributed by atoms with E-state index in [1.54, 1.807) is 0 Å². The van der Waals surface area contributed by atoms with Gasteiger partial charge in [0.15, 0.2) is 0 Å². The highest BCUT2D eigenvalue weighted by Crippen LogP contribution is 2.36. The van der Waals surface area contributed by atoms with Gasteiger partial charge in [-0.1, -0.05) is 11.6 Å². The van der Waals surface area contributed by atoms with Gasteiger partial charge in [-0.05, 0) is 12.5 Å². The standard InChI is InChI=1S/C7H6ClF3O/c8-6-2-1-4(12)3-5(6)7(9,10)11/h3,12H,1-2H2. The molecule has 0 radical (unpaired) electrons. The van der Waals surface area contributed by atoms with Crippen molar-refractivity contribution in [3.05, 3.63) is 22.4 Å². The SMILES string of the molecule is OC1=CC(C(F)(F)F)=C(Cl)CC1. The summed E-state index contributed by atoms with van der Waals surface area (Å²) >= 11 is 5.34. The number of hydrogen-bond acceptors (Lipinski definition) is 1. The molecule has 1 aliphatic rings. The molecule has 0 heterocycles. The van der Waals surface area contributed by atoms with Gasteiger partial charge >= 0.3 is 6.18 Å². The second kappa shape index (κ2) is 3.01. The zero-order valence-electron chi connectivity index (χ0n) is 5.95. The average Bonchev–Trinajstić information content (AvgIpc) is 1.92. The quantitative estimate of drug-likeness (QED) is 0.633. The zero-order valence-corrected chi connectivity index (χ0v) is 6.71. The van der Waals surface area contributed by atoms with Crippen molar-refractivity contribution in [2.75, 3.05) is 0 Å². The number of hydrogen-bond donors (Lipinski definition) is 1. The van der Waals surface area contributed by atoms with Gasteiger partial charge in [-0.15, -0.1) is 0 Å². The largest absolute Gasteiger partial charge is 0.512 e. The van der Waals surface area contributed by atoms with Gasteiger partial charge in [-0.25, -0.2) is 0 Å². The van der Waals surface area contributed by atoms with Crippen molar-refractivity contribution in [1.82, 2.24) is 0 Å². The number of aliphatic hydroxyl groups excluding tert-OH is 1. The van der Waals surface area contributed by atoms with E-state index in [1.165, 1.54) is 0 Å². The summed E-state index contributed by atoms with van der Waals surface area (Å²) in [4.78, 5) is 0. The maximum Gasteiger partial charge on any atom is 0.417 e. The Morgan fingerprint density at radius 1 is 1.33 bits per heavy atom. The highest BCUT2D eigenvalue weighted by Gasteiger charge is 2.36. The van der Waals surface area contributed by atoms with Crippen LogP contribution in [0, 0.1) is 0 Å². The molecule has 1 N–H and O–H groups in total. The molecule has 0 bridgehead atoms. The number of allylic oxidation sites excluding steroid dienone is 4. The van der Waals surface area contributed by atoms with Crippen LogP contribution in [-0.2, 0) is 0 Å². The molecule has 1 aliphatic carbocycles. The average molecular weight is 199 g/mol. The predicted octanol–water partition coefficient (Wildman–Crippen LogP) is 3.28. The highest BCUT2D eigenvalue weighted by atomic mass is 35.5. The molecule has 0 aliphatic heterocycles. The van der Waals surface area contributed by atoms with Crippen LogP contribution in [0.4, 0.5) is 13.2 Å². The first-order chi connectivity index (χ1) is 5.41. The number of rotatable bonds is 0. The van der Waals surface area contributed by atoms with Crippen LogP contribution >= 0.6 is 11.6 Å². The Morgan fingerprint density at radius 3 is 2.33 bits per heavy atom. The highest BCUT2D eigenvalue weighted by molar-refractivity contribution is 6.30. The van der Waals surface area contributed by atoms with E-state index in [4.69, 9.17) is 16.7 Å². The van der Waals surface area contributed by atoms with Crippen molar-refractivity contribution in [3.8, 4) is 0 Å². The van der Waals surface area contributed by atoms with Crippen molar-refractivity contribution in [1.29, 1.82) is 0 Å². The van der Waals surface area contributed by atoms with E-state index < -0.39 is 11.7 Å². The Bertz CT molecular complexity index is 252. The summed E-state index contributed by atoms with van der Waals surface area (Å²) in [5, 5.41) is 8.59. The van der Waals surface area contributed by atoms with Crippen LogP contribution in [0.2, 0.25) is 0 Å². The molecule has 0 saturated heterocycles. The summed E-state index contributed by atoms with van der Waals surface area (Å²) in [6, 6.07) is 0. The molecule has 0 atom stereocenters. The lowest BCUT2D eigenvalue weighted by Crippen LogP contribution is -2.14. The molecule has 68 valence electrons. The van der Waals surface area contributed by atoms with Crippen molar-refractivity contribution < 1.29 is 18.3 Å². The molecule has 0 fully saturated rings. The smallest absolute Gasteiger partial charge is 0.417 e. The molecule has 0 amide bonds. The second-order valence-electron chi connectivity index (χ2n) is 2.45. The van der Waals surface area contributed by atoms with E-state index in [0.29, 0.717) is 6.08 Å². The van der Waals surface area contributed by atoms with E-state index in [-0.39, 0.29) is 23.6 Å². The fourth-order valence-electron chi connectivity index (χ4n) is 0.925. The van der Waals surface area contributed by atoms with E-state index in [0.717, 1.165) is 0 Å². The number of halogens is 4. The minimum absolute atomic E-state index is 0.0543. The molecule has 0 saturated carbocycles. The molecular weight excluding hydrogens is 193 g/mol. The molecule has 0 aromatic rings. The minimum Gasteiger partial charge on any atom is -0.512 e. The van der Waals surface area contributed by atoms with E-state index in [1.807, 2.05) is 0 Å². The maximum atomic E-state index is 12.1. The Kier molecular flexibility index (Phi) is 2.37. The topological polar surface area (TPSA) is 20.2 Å². The molecule has 0 unspecified atom stereocenters. The molecule has 1 rings (SSSR count). The van der Waals surface area contributed by atoms with Gasteiger partial charge in [0.05, 0.1) is 11.3 Å². The normalized spacial score (nSPS) is 19.5. The van der Waals surface area contributed by atoms with E-state index >= 15 is 0 Å². The van der Waals surface area contributed by atoms with Crippen molar-refractivity contribution >= 4 is 11.6 Å². The lowest BCUT2D eigenvalue weighted by molar-refractivity contribution is -0.0892. The first-order valence-corrected chi connectivity index (χ1v) is 3.64. The van der Waals surface area contributed by atoms with Gasteiger partial charge in [0.1, 0.15) is 0 Å². The van der Waals surface area contributed by atoms with Gasteiger partial charge in [0.2, 0.25) is 0 Å². The van der Waals surface area contributed by atoms with E-state index in [2.05, 4.69) is 0 Å². The maximum absolute atomic E-state index is 12.1. The van der Waals surface area contributed by atoms with Crippen molar-refractivity contribution in [2.24, 2.45) is 0 Å². The third kappa shape index (κ3) is 1.94. The first kappa shape index (κ1) is 9.45. The van der Waals surface area contributed by atoms with Crippen LogP contribution in [0.1, 0.15) is 12.8 Å². The van der Waals surface area contributed by atoms with Crippen molar-refractivity contribution in [3.63, 3.8) is 0 Å². The van der Waals surface area contributed by atoms with Gasteiger partial charge in [-0.2, -0.15) is 13.2 Å². The third-order valence-electron chi connectivity index (χ3n) is 1.51. The van der Waals surface area contributed by atoms with Crippen LogP contribution in [0.5, 0.6) is 0 Å². The first-order valence-electron chi connectivity index (χ1n) is 3.26. The van der Waals surface area contributed by atoms with Gasteiger partial charge in [-0.3, -0.25) is 0 Å². The van der Waals surface area contributed by atoms with Gasteiger partial charge < -0.3 is 5.11 Å². The Balaban J connectivity index is 3.02. The molecule has 12 heavy (non-hydrogen) atoms. The summed E-state index contributed by atoms with van der Waals surface area (Å²) in [6.45, 7) is 0. The molecular formula is C7H6ClF3O. The Hall–Kier alpha value is -0.640. The van der Waals surface area contributed by atoms with Gasteiger partial charge in [0.25, 0.3) is 0 Å². The zero-order chi connectivity index (χ0) is 9.35. The molecule has 0 aromatic heterocycles. The summed E-state index contributed by atoms with van der Waals surface area (Å²) in [5.41, 5.74) is -0.937. The molecule has 5 heteroatoms. The van der Waals surface area contributed by atoms with Crippen LogP contribution in [-0.4, -0.2) is 11.3 Å². The second-order valence-corrected chi connectivity index (χ2v) is 2.91. The number of alkyl halides is 3. The van der Waals surface area contributed by atoms with Crippen LogP contribution < -0.4 is 0 Å². The monoisotopic (exact) mass is 198 g/mol. The fraction of sp³-hybridized carbons (Fsp3) is 0.429. The minimum atomic E-state index is -4.47. The molecule has 0 aromatic carbocycles. The van der Waals surface area contributed by atoms with Crippen LogP contribution in [0.15, 0.2) is 22.4 Å². The fourth-order valence-corrected chi connectivity index (χ4v) is 1.18. The summed E-state index contributed by atoms with van der Waals surface area (Å²) in [5.74, 6) is -0.272. The Labute approximate surface area is 72.1 Å². The molecule has 1 nitrogen and oxygen atoms in total. The predicted molar refractivity (Wildman–Crippen MR) is 38.9 cm³/mol. The van der Waals surface area contributed by atoms with E-state index in [9.17, 15) is 13.2 Å². The lowest BCUT2D eigenvalue weighted by Gasteiger charge is -2.15. The third-order valence-corrected chi connectivity index (χ3v) is 1.90. The van der Waals surface area contributed by atoms with Gasteiger partial charge in [0, 0.05) is 11.5 Å². The molecule has 0 spiro atoms. The van der Waals surface area contributed by atoms with Crippen LogP contribution in [0.25, 0.3) is 0 Å². The van der Waals surface area contributed by atoms with Crippen LogP contribution in [0.3, 0.4) is 0 Å². The summed E-state index contributed by atoms with van der Waals surface area (Å²) in [7, 11) is 0.